The fraction of sp³-hybridized carbons (Fsp3) is 0.700. The summed E-state index contributed by atoms with van der Waals surface area (Å²) in [4.78, 5) is 11.9. The molecule has 3 rings (SSSR count). The zero-order chi connectivity index (χ0) is 10.4. The largest absolute Gasteiger partial charge is 0.298 e. The molecular weight excluding hydrogens is 228 g/mol. The zero-order valence-electron chi connectivity index (χ0n) is 8.47. The van der Waals surface area contributed by atoms with E-state index >= 15 is 0 Å². The summed E-state index contributed by atoms with van der Waals surface area (Å²) in [5.41, 5.74) is 0. The van der Waals surface area contributed by atoms with E-state index in [2.05, 4.69) is 10.2 Å². The highest BCUT2D eigenvalue weighted by atomic mass is 32.2. The van der Waals surface area contributed by atoms with Gasteiger partial charge in [0.25, 0.3) is 0 Å². The third-order valence-electron chi connectivity index (χ3n) is 3.32. The van der Waals surface area contributed by atoms with E-state index in [1.807, 2.05) is 6.92 Å². The monoisotopic (exact) mass is 240 g/mol. The highest BCUT2D eigenvalue weighted by Gasteiger charge is 2.47. The van der Waals surface area contributed by atoms with E-state index < -0.39 is 0 Å². The molecule has 0 radical (unpaired) electrons. The van der Waals surface area contributed by atoms with Crippen molar-refractivity contribution in [2.24, 2.45) is 11.8 Å². The number of hydrogen-bond donors (Lipinski definition) is 0. The lowest BCUT2D eigenvalue weighted by Crippen LogP contribution is -2.24. The number of Topliss-reactive ketones (excluding diaryl/α,β-unsaturated/α-hetero) is 1. The van der Waals surface area contributed by atoms with Crippen LogP contribution in [0.25, 0.3) is 0 Å². The molecule has 80 valence electrons. The van der Waals surface area contributed by atoms with Gasteiger partial charge in [0.1, 0.15) is 10.8 Å². The second-order valence-corrected chi connectivity index (χ2v) is 6.87. The molecule has 2 aliphatic rings. The molecule has 0 N–H and O–H groups in total. The van der Waals surface area contributed by atoms with Gasteiger partial charge in [-0.25, -0.2) is 0 Å². The number of ketones is 1. The first-order valence-electron chi connectivity index (χ1n) is 5.24. The van der Waals surface area contributed by atoms with E-state index in [1.165, 1.54) is 6.42 Å². The van der Waals surface area contributed by atoms with Gasteiger partial charge in [0.05, 0.1) is 5.25 Å². The first kappa shape index (κ1) is 9.78. The molecule has 15 heavy (non-hydrogen) atoms. The molecule has 2 fully saturated rings. The van der Waals surface area contributed by atoms with Crippen LogP contribution in [0.5, 0.6) is 0 Å². The van der Waals surface area contributed by atoms with Gasteiger partial charge in [-0.3, -0.25) is 4.79 Å². The SMILES string of the molecule is Cc1nnc(S[C@H]2C(=O)[C@H]3CC[C@H]2C3)s1. The number of aryl methyl sites for hydroxylation is 1. The zero-order valence-corrected chi connectivity index (χ0v) is 10.1. The molecule has 1 heterocycles. The topological polar surface area (TPSA) is 42.9 Å². The summed E-state index contributed by atoms with van der Waals surface area (Å²) >= 11 is 3.23. The van der Waals surface area contributed by atoms with Crippen LogP contribution in [0, 0.1) is 18.8 Å². The number of aromatic nitrogens is 2. The van der Waals surface area contributed by atoms with Crippen molar-refractivity contribution in [1.29, 1.82) is 0 Å². The van der Waals surface area contributed by atoms with Crippen molar-refractivity contribution in [2.45, 2.75) is 35.8 Å². The molecule has 0 spiro atoms. The standard InChI is InChI=1S/C10H12N2OS2/c1-5-11-12-10(14-5)15-9-7-3-2-6(4-7)8(9)13/h6-7,9H,2-4H2,1H3/t6-,7-,9+/m0/s1. The number of fused-ring (bicyclic) bond motifs is 2. The Balaban J connectivity index is 1.76. The van der Waals surface area contributed by atoms with E-state index in [0.29, 0.717) is 17.6 Å². The van der Waals surface area contributed by atoms with E-state index in [0.717, 1.165) is 22.2 Å². The van der Waals surface area contributed by atoms with Gasteiger partial charge in [0.15, 0.2) is 4.34 Å². The average molecular weight is 240 g/mol. The minimum absolute atomic E-state index is 0.177. The summed E-state index contributed by atoms with van der Waals surface area (Å²) in [6, 6.07) is 0. The maximum Gasteiger partial charge on any atom is 0.175 e. The predicted octanol–water partition coefficient (Wildman–Crippen LogP) is 2.31. The van der Waals surface area contributed by atoms with Crippen molar-refractivity contribution >= 4 is 28.9 Å². The van der Waals surface area contributed by atoms with Gasteiger partial charge in [-0.1, -0.05) is 23.1 Å². The van der Waals surface area contributed by atoms with Crippen LogP contribution >= 0.6 is 23.1 Å². The molecule has 0 unspecified atom stereocenters. The molecule has 5 heteroatoms. The molecule has 2 saturated carbocycles. The molecule has 3 nitrogen and oxygen atoms in total. The molecular formula is C10H12N2OS2. The Morgan fingerprint density at radius 3 is 2.87 bits per heavy atom. The Labute approximate surface area is 96.7 Å². The second kappa shape index (κ2) is 3.56. The summed E-state index contributed by atoms with van der Waals surface area (Å²) < 4.78 is 0.957. The highest BCUT2D eigenvalue weighted by Crippen LogP contribution is 2.49. The maximum atomic E-state index is 11.9. The first-order valence-corrected chi connectivity index (χ1v) is 6.94. The number of thioether (sulfide) groups is 1. The Bertz CT molecular complexity index is 404. The number of nitrogens with zero attached hydrogens (tertiary/aromatic N) is 2. The Kier molecular flexibility index (Phi) is 2.32. The molecule has 3 atom stereocenters. The number of hydrogen-bond acceptors (Lipinski definition) is 5. The van der Waals surface area contributed by atoms with E-state index in [1.54, 1.807) is 23.1 Å². The number of carbonyl (C=O) groups is 1. The van der Waals surface area contributed by atoms with Crippen LogP contribution in [0.3, 0.4) is 0 Å². The average Bonchev–Trinajstić information content (AvgIpc) is 2.86. The fourth-order valence-corrected chi connectivity index (χ4v) is 4.94. The summed E-state index contributed by atoms with van der Waals surface area (Å²) in [6.07, 6.45) is 3.47. The Morgan fingerprint density at radius 1 is 1.40 bits per heavy atom. The van der Waals surface area contributed by atoms with Gasteiger partial charge in [-0.15, -0.1) is 10.2 Å². The summed E-state index contributed by atoms with van der Waals surface area (Å²) in [7, 11) is 0. The fourth-order valence-electron chi connectivity index (χ4n) is 2.60. The summed E-state index contributed by atoms with van der Waals surface area (Å²) in [5, 5.41) is 9.22. The summed E-state index contributed by atoms with van der Waals surface area (Å²) in [5.74, 6) is 1.43. The lowest BCUT2D eigenvalue weighted by molar-refractivity contribution is -0.121. The molecule has 0 amide bonds. The molecule has 0 aromatic carbocycles. The lowest BCUT2D eigenvalue weighted by Gasteiger charge is -2.17. The van der Waals surface area contributed by atoms with Crippen molar-refractivity contribution in [3.63, 3.8) is 0 Å². The molecule has 1 aromatic heterocycles. The van der Waals surface area contributed by atoms with E-state index in [9.17, 15) is 4.79 Å². The van der Waals surface area contributed by atoms with Crippen molar-refractivity contribution in [3.05, 3.63) is 5.01 Å². The van der Waals surface area contributed by atoms with Crippen molar-refractivity contribution in [2.75, 3.05) is 0 Å². The van der Waals surface area contributed by atoms with E-state index in [4.69, 9.17) is 0 Å². The molecule has 2 aliphatic carbocycles. The molecule has 1 aromatic rings. The smallest absolute Gasteiger partial charge is 0.175 e. The van der Waals surface area contributed by atoms with Gasteiger partial charge in [0.2, 0.25) is 0 Å². The van der Waals surface area contributed by atoms with Crippen molar-refractivity contribution in [1.82, 2.24) is 10.2 Å². The van der Waals surface area contributed by atoms with Gasteiger partial charge in [-0.05, 0) is 32.1 Å². The quantitative estimate of drug-likeness (QED) is 0.795. The van der Waals surface area contributed by atoms with Crippen molar-refractivity contribution < 1.29 is 4.79 Å². The van der Waals surface area contributed by atoms with Crippen LogP contribution in [-0.2, 0) is 4.79 Å². The third kappa shape index (κ3) is 1.61. The molecule has 0 saturated heterocycles. The molecule has 0 aliphatic heterocycles. The first-order chi connectivity index (χ1) is 7.24. The van der Waals surface area contributed by atoms with Crippen LogP contribution < -0.4 is 0 Å². The van der Waals surface area contributed by atoms with Crippen LogP contribution in [-0.4, -0.2) is 21.2 Å². The van der Waals surface area contributed by atoms with Crippen LogP contribution in [0.15, 0.2) is 4.34 Å². The van der Waals surface area contributed by atoms with Gasteiger partial charge < -0.3 is 0 Å². The maximum absolute atomic E-state index is 11.9. The lowest BCUT2D eigenvalue weighted by atomic mass is 9.99. The minimum Gasteiger partial charge on any atom is -0.298 e. The third-order valence-corrected chi connectivity index (χ3v) is 5.65. The summed E-state index contributed by atoms with van der Waals surface area (Å²) in [6.45, 7) is 1.95. The number of rotatable bonds is 2. The minimum atomic E-state index is 0.177. The van der Waals surface area contributed by atoms with Gasteiger partial charge >= 0.3 is 0 Å². The van der Waals surface area contributed by atoms with Crippen LogP contribution in [0.2, 0.25) is 0 Å². The van der Waals surface area contributed by atoms with Crippen LogP contribution in [0.4, 0.5) is 0 Å². The van der Waals surface area contributed by atoms with Crippen molar-refractivity contribution in [3.8, 4) is 0 Å². The highest BCUT2D eigenvalue weighted by molar-refractivity contribution is 8.02. The second-order valence-electron chi connectivity index (χ2n) is 4.30. The van der Waals surface area contributed by atoms with Gasteiger partial charge in [0, 0.05) is 5.92 Å². The Hall–Kier alpha value is -0.420. The van der Waals surface area contributed by atoms with E-state index in [-0.39, 0.29) is 5.25 Å². The van der Waals surface area contributed by atoms with Crippen LogP contribution in [0.1, 0.15) is 24.3 Å². The van der Waals surface area contributed by atoms with Gasteiger partial charge in [-0.2, -0.15) is 0 Å². The normalized spacial score (nSPS) is 33.9. The predicted molar refractivity (Wildman–Crippen MR) is 60.1 cm³/mol. The number of carbonyl (C=O) groups excluding carboxylic acids is 1. The Morgan fingerprint density at radius 2 is 2.27 bits per heavy atom. The molecule has 2 bridgehead atoms.